The van der Waals surface area contributed by atoms with Gasteiger partial charge in [0.1, 0.15) is 4.34 Å². The third-order valence-electron chi connectivity index (χ3n) is 1.46. The van der Waals surface area contributed by atoms with Crippen LogP contribution in [0.5, 0.6) is 0 Å². The van der Waals surface area contributed by atoms with E-state index in [-0.39, 0.29) is 12.5 Å². The standard InChI is InChI=1S/C8H9Cl2NO2S/c1-4(12)3-11-8(13)5-2-6(9)14-7(5)10/h2,4,12H,3H2,1H3,(H,11,13)/t4-/m0/s1. The van der Waals surface area contributed by atoms with Gasteiger partial charge in [-0.15, -0.1) is 11.3 Å². The molecule has 2 N–H and O–H groups in total. The molecule has 1 aromatic heterocycles. The number of rotatable bonds is 3. The minimum Gasteiger partial charge on any atom is -0.392 e. The molecule has 1 rings (SSSR count). The van der Waals surface area contributed by atoms with Crippen LogP contribution in [0.25, 0.3) is 0 Å². The molecule has 1 aromatic rings. The molecule has 0 spiro atoms. The molecule has 0 aliphatic heterocycles. The molecular weight excluding hydrogens is 245 g/mol. The Kier molecular flexibility index (Phi) is 4.19. The van der Waals surface area contributed by atoms with Crippen molar-refractivity contribution in [3.8, 4) is 0 Å². The normalized spacial score (nSPS) is 12.6. The van der Waals surface area contributed by atoms with Gasteiger partial charge in [-0.3, -0.25) is 4.79 Å². The van der Waals surface area contributed by atoms with Gasteiger partial charge in [0.15, 0.2) is 0 Å². The zero-order chi connectivity index (χ0) is 10.7. The van der Waals surface area contributed by atoms with Gasteiger partial charge in [0.2, 0.25) is 0 Å². The molecule has 78 valence electrons. The Labute approximate surface area is 95.6 Å². The molecule has 0 unspecified atom stereocenters. The summed E-state index contributed by atoms with van der Waals surface area (Å²) in [7, 11) is 0. The molecule has 14 heavy (non-hydrogen) atoms. The third kappa shape index (κ3) is 3.13. The highest BCUT2D eigenvalue weighted by Gasteiger charge is 2.13. The summed E-state index contributed by atoms with van der Waals surface area (Å²) in [5.74, 6) is -0.320. The lowest BCUT2D eigenvalue weighted by molar-refractivity contribution is 0.0924. The number of thiophene rings is 1. The topological polar surface area (TPSA) is 49.3 Å². The number of aliphatic hydroxyl groups is 1. The van der Waals surface area contributed by atoms with Crippen LogP contribution in [-0.2, 0) is 0 Å². The van der Waals surface area contributed by atoms with E-state index >= 15 is 0 Å². The Balaban J connectivity index is 2.65. The first-order chi connectivity index (χ1) is 6.50. The molecule has 0 fully saturated rings. The number of nitrogens with one attached hydrogen (secondary N) is 1. The van der Waals surface area contributed by atoms with E-state index in [1.54, 1.807) is 6.92 Å². The summed E-state index contributed by atoms with van der Waals surface area (Å²) in [4.78, 5) is 11.4. The molecule has 6 heteroatoms. The van der Waals surface area contributed by atoms with Crippen LogP contribution >= 0.6 is 34.5 Å². The van der Waals surface area contributed by atoms with Gasteiger partial charge in [0.05, 0.1) is 16.0 Å². The highest BCUT2D eigenvalue weighted by Crippen LogP contribution is 2.30. The van der Waals surface area contributed by atoms with Crippen LogP contribution in [0.3, 0.4) is 0 Å². The summed E-state index contributed by atoms with van der Waals surface area (Å²) < 4.78 is 0.829. The molecule has 0 aliphatic carbocycles. The second-order valence-electron chi connectivity index (χ2n) is 2.80. The minimum atomic E-state index is -0.577. The maximum atomic E-state index is 11.4. The molecule has 0 saturated heterocycles. The van der Waals surface area contributed by atoms with Crippen molar-refractivity contribution in [1.29, 1.82) is 0 Å². The van der Waals surface area contributed by atoms with Crippen LogP contribution < -0.4 is 5.32 Å². The maximum absolute atomic E-state index is 11.4. The Morgan fingerprint density at radius 3 is 2.79 bits per heavy atom. The molecule has 0 radical (unpaired) electrons. The molecule has 1 amide bonds. The van der Waals surface area contributed by atoms with E-state index in [1.165, 1.54) is 6.07 Å². The molecule has 3 nitrogen and oxygen atoms in total. The van der Waals surface area contributed by atoms with Gasteiger partial charge < -0.3 is 10.4 Å². The summed E-state index contributed by atoms with van der Waals surface area (Å²) in [5, 5.41) is 11.5. The fourth-order valence-corrected chi connectivity index (χ4v) is 2.29. The van der Waals surface area contributed by atoms with E-state index in [4.69, 9.17) is 28.3 Å². The Hall–Kier alpha value is -0.290. The predicted molar refractivity (Wildman–Crippen MR) is 58.4 cm³/mol. The average Bonchev–Trinajstić information content (AvgIpc) is 2.41. The SMILES string of the molecule is C[C@H](O)CNC(=O)c1cc(Cl)sc1Cl. The van der Waals surface area contributed by atoms with E-state index in [2.05, 4.69) is 5.32 Å². The number of halogens is 2. The van der Waals surface area contributed by atoms with Crippen LogP contribution in [0.2, 0.25) is 8.67 Å². The smallest absolute Gasteiger partial charge is 0.253 e. The molecule has 1 heterocycles. The van der Waals surface area contributed by atoms with E-state index in [0.29, 0.717) is 14.2 Å². The monoisotopic (exact) mass is 253 g/mol. The van der Waals surface area contributed by atoms with Gasteiger partial charge >= 0.3 is 0 Å². The quantitative estimate of drug-likeness (QED) is 0.868. The van der Waals surface area contributed by atoms with Crippen LogP contribution in [0, 0.1) is 0 Å². The predicted octanol–water partition coefficient (Wildman–Crippen LogP) is 2.17. The van der Waals surface area contributed by atoms with Gasteiger partial charge in [-0.05, 0) is 13.0 Å². The lowest BCUT2D eigenvalue weighted by atomic mass is 10.3. The number of amides is 1. The van der Waals surface area contributed by atoms with Crippen molar-refractivity contribution in [1.82, 2.24) is 5.32 Å². The summed E-state index contributed by atoms with van der Waals surface area (Å²) in [5.41, 5.74) is 0.349. The second-order valence-corrected chi connectivity index (χ2v) is 5.08. The Morgan fingerprint density at radius 1 is 1.71 bits per heavy atom. The second kappa shape index (κ2) is 4.98. The van der Waals surface area contributed by atoms with Crippen molar-refractivity contribution in [2.75, 3.05) is 6.54 Å². The van der Waals surface area contributed by atoms with Crippen molar-refractivity contribution in [2.24, 2.45) is 0 Å². The van der Waals surface area contributed by atoms with Crippen LogP contribution in [0.15, 0.2) is 6.07 Å². The molecule has 0 bridgehead atoms. The molecule has 0 aliphatic rings. The molecule has 1 atom stereocenters. The van der Waals surface area contributed by atoms with Crippen molar-refractivity contribution < 1.29 is 9.90 Å². The number of aliphatic hydroxyl groups excluding tert-OH is 1. The van der Waals surface area contributed by atoms with E-state index in [0.717, 1.165) is 11.3 Å². The van der Waals surface area contributed by atoms with Gasteiger partial charge in [-0.2, -0.15) is 0 Å². The summed E-state index contributed by atoms with van der Waals surface area (Å²) in [6, 6.07) is 1.51. The zero-order valence-electron chi connectivity index (χ0n) is 7.38. The van der Waals surface area contributed by atoms with Crippen molar-refractivity contribution in [2.45, 2.75) is 13.0 Å². The highest BCUT2D eigenvalue weighted by atomic mass is 35.5. The first-order valence-corrected chi connectivity index (χ1v) is 5.49. The van der Waals surface area contributed by atoms with Gasteiger partial charge in [-0.25, -0.2) is 0 Å². The lowest BCUT2D eigenvalue weighted by Gasteiger charge is -2.05. The molecule has 0 aromatic carbocycles. The first-order valence-electron chi connectivity index (χ1n) is 3.92. The first kappa shape index (κ1) is 11.8. The maximum Gasteiger partial charge on any atom is 0.253 e. The average molecular weight is 254 g/mol. The zero-order valence-corrected chi connectivity index (χ0v) is 9.71. The van der Waals surface area contributed by atoms with E-state index in [9.17, 15) is 4.79 Å². The van der Waals surface area contributed by atoms with Crippen molar-refractivity contribution in [3.05, 3.63) is 20.3 Å². The molecular formula is C8H9Cl2NO2S. The fourth-order valence-electron chi connectivity index (χ4n) is 0.831. The number of carbonyl (C=O) groups is 1. The summed E-state index contributed by atoms with van der Waals surface area (Å²) in [6.07, 6.45) is -0.577. The van der Waals surface area contributed by atoms with Gasteiger partial charge in [-0.1, -0.05) is 23.2 Å². The van der Waals surface area contributed by atoms with Gasteiger partial charge in [0.25, 0.3) is 5.91 Å². The highest BCUT2D eigenvalue weighted by molar-refractivity contribution is 7.20. The Morgan fingerprint density at radius 2 is 2.36 bits per heavy atom. The van der Waals surface area contributed by atoms with Crippen LogP contribution in [-0.4, -0.2) is 23.7 Å². The minimum absolute atomic E-state index is 0.197. The number of hydrogen-bond donors (Lipinski definition) is 2. The van der Waals surface area contributed by atoms with Crippen LogP contribution in [0.1, 0.15) is 17.3 Å². The van der Waals surface area contributed by atoms with Crippen molar-refractivity contribution in [3.63, 3.8) is 0 Å². The third-order valence-corrected chi connectivity index (χ3v) is 2.95. The fraction of sp³-hybridized carbons (Fsp3) is 0.375. The molecule has 0 saturated carbocycles. The van der Waals surface area contributed by atoms with Gasteiger partial charge in [0, 0.05) is 6.54 Å². The Bertz CT molecular complexity index is 338. The van der Waals surface area contributed by atoms with E-state index < -0.39 is 6.10 Å². The van der Waals surface area contributed by atoms with E-state index in [1.807, 2.05) is 0 Å². The lowest BCUT2D eigenvalue weighted by Crippen LogP contribution is -2.30. The summed E-state index contributed by atoms with van der Waals surface area (Å²) in [6.45, 7) is 1.78. The van der Waals surface area contributed by atoms with Crippen molar-refractivity contribution >= 4 is 40.4 Å². The summed E-state index contributed by atoms with van der Waals surface area (Å²) >= 11 is 12.6. The number of hydrogen-bond acceptors (Lipinski definition) is 3. The van der Waals surface area contributed by atoms with Crippen LogP contribution in [0.4, 0.5) is 0 Å². The number of carbonyl (C=O) groups excluding carboxylic acids is 1. The largest absolute Gasteiger partial charge is 0.392 e.